The average molecular weight is 521 g/mol. The predicted molar refractivity (Wildman–Crippen MR) is 145 cm³/mol. The highest BCUT2D eigenvalue weighted by Crippen LogP contribution is 2.13. The van der Waals surface area contributed by atoms with E-state index in [1.165, 1.54) is 38.5 Å². The van der Waals surface area contributed by atoms with E-state index in [-0.39, 0.29) is 13.2 Å². The Labute approximate surface area is 222 Å². The standard InChI is InChI=1S/C29H48N2O6/c1-5-6-7-8-9-10-11-12-13-17-20-24(27(33)34)30-26(32)25(31-28(35)37-29(2,3)4)22-36-21-23-18-15-14-16-19-23/h14-16,18-19,24-25H,5-13,17,20-22H2,1-4H3,(H,30,32)(H,31,35)(H,33,34)/t24-,25-/m0/s1. The molecule has 0 radical (unpaired) electrons. The molecule has 0 aliphatic heterocycles. The van der Waals surface area contributed by atoms with Crippen molar-refractivity contribution in [1.82, 2.24) is 10.6 Å². The zero-order valence-corrected chi connectivity index (χ0v) is 23.2. The highest BCUT2D eigenvalue weighted by Gasteiger charge is 2.28. The number of carboxylic acids is 1. The van der Waals surface area contributed by atoms with Crippen molar-refractivity contribution < 1.29 is 29.0 Å². The van der Waals surface area contributed by atoms with Crippen LogP contribution in [-0.4, -0.2) is 47.4 Å². The van der Waals surface area contributed by atoms with Crippen molar-refractivity contribution in [2.24, 2.45) is 0 Å². The lowest BCUT2D eigenvalue weighted by Gasteiger charge is -2.24. The summed E-state index contributed by atoms with van der Waals surface area (Å²) in [6, 6.07) is 7.32. The van der Waals surface area contributed by atoms with Gasteiger partial charge in [-0.2, -0.15) is 0 Å². The molecule has 0 aliphatic rings. The highest BCUT2D eigenvalue weighted by molar-refractivity contribution is 5.89. The summed E-state index contributed by atoms with van der Waals surface area (Å²) < 4.78 is 10.9. The molecule has 0 fully saturated rings. The van der Waals surface area contributed by atoms with Crippen LogP contribution in [0.4, 0.5) is 4.79 Å². The number of nitrogens with one attached hydrogen (secondary N) is 2. The Kier molecular flexibility index (Phi) is 16.3. The molecule has 1 aromatic rings. The molecule has 0 heterocycles. The molecule has 0 bridgehead atoms. The topological polar surface area (TPSA) is 114 Å². The second kappa shape index (κ2) is 18.6. The predicted octanol–water partition coefficient (Wildman–Crippen LogP) is 5.98. The normalized spacial score (nSPS) is 13.0. The Balaban J connectivity index is 2.55. The van der Waals surface area contributed by atoms with Gasteiger partial charge in [-0.3, -0.25) is 4.79 Å². The van der Waals surface area contributed by atoms with Crippen LogP contribution >= 0.6 is 0 Å². The molecule has 8 heteroatoms. The molecule has 0 aromatic heterocycles. The summed E-state index contributed by atoms with van der Waals surface area (Å²) in [6.07, 6.45) is 11.0. The van der Waals surface area contributed by atoms with Crippen LogP contribution in [0, 0.1) is 0 Å². The number of amides is 2. The summed E-state index contributed by atoms with van der Waals surface area (Å²) in [6.45, 7) is 7.51. The first kappa shape index (κ1) is 32.4. The summed E-state index contributed by atoms with van der Waals surface area (Å²) in [5.74, 6) is -1.70. The van der Waals surface area contributed by atoms with E-state index in [1.54, 1.807) is 20.8 Å². The third-order valence-corrected chi connectivity index (χ3v) is 5.86. The quantitative estimate of drug-likeness (QED) is 0.193. The van der Waals surface area contributed by atoms with Gasteiger partial charge < -0.3 is 25.2 Å². The minimum Gasteiger partial charge on any atom is -0.480 e. The Bertz CT molecular complexity index is 778. The van der Waals surface area contributed by atoms with E-state index < -0.39 is 35.7 Å². The van der Waals surface area contributed by atoms with Crippen LogP contribution in [0.1, 0.15) is 104 Å². The first-order valence-electron chi connectivity index (χ1n) is 13.8. The number of unbranched alkanes of at least 4 members (excludes halogenated alkanes) is 9. The Hall–Kier alpha value is -2.61. The molecule has 8 nitrogen and oxygen atoms in total. The number of hydrogen-bond donors (Lipinski definition) is 3. The molecule has 2 atom stereocenters. The lowest BCUT2D eigenvalue weighted by Crippen LogP contribution is -2.54. The maximum atomic E-state index is 13.0. The van der Waals surface area contributed by atoms with Gasteiger partial charge >= 0.3 is 12.1 Å². The monoisotopic (exact) mass is 520 g/mol. The van der Waals surface area contributed by atoms with Crippen LogP contribution in [0.3, 0.4) is 0 Å². The van der Waals surface area contributed by atoms with Crippen molar-refractivity contribution in [2.75, 3.05) is 6.61 Å². The van der Waals surface area contributed by atoms with Crippen molar-refractivity contribution in [2.45, 2.75) is 123 Å². The third-order valence-electron chi connectivity index (χ3n) is 5.86. The minimum absolute atomic E-state index is 0.120. The van der Waals surface area contributed by atoms with Crippen LogP contribution in [0.25, 0.3) is 0 Å². The van der Waals surface area contributed by atoms with E-state index >= 15 is 0 Å². The number of carboxylic acid groups (broad SMARTS) is 1. The van der Waals surface area contributed by atoms with Crippen LogP contribution in [0.5, 0.6) is 0 Å². The zero-order valence-electron chi connectivity index (χ0n) is 23.2. The Morgan fingerprint density at radius 3 is 1.95 bits per heavy atom. The lowest BCUT2D eigenvalue weighted by molar-refractivity contribution is -0.142. The van der Waals surface area contributed by atoms with Gasteiger partial charge in [0.05, 0.1) is 13.2 Å². The number of ether oxygens (including phenoxy) is 2. The number of rotatable bonds is 19. The average Bonchev–Trinajstić information content (AvgIpc) is 2.83. The van der Waals surface area contributed by atoms with Crippen molar-refractivity contribution in [3.05, 3.63) is 35.9 Å². The molecule has 0 spiro atoms. The second-order valence-electron chi connectivity index (χ2n) is 10.6. The van der Waals surface area contributed by atoms with Crippen LogP contribution in [-0.2, 0) is 25.7 Å². The summed E-state index contributed by atoms with van der Waals surface area (Å²) >= 11 is 0. The van der Waals surface area contributed by atoms with Gasteiger partial charge in [0.2, 0.25) is 5.91 Å². The number of aliphatic carboxylic acids is 1. The maximum absolute atomic E-state index is 13.0. The molecule has 1 rings (SSSR count). The molecule has 37 heavy (non-hydrogen) atoms. The maximum Gasteiger partial charge on any atom is 0.408 e. The SMILES string of the molecule is CCCCCCCCCCCC[C@H](NC(=O)[C@H](COCc1ccccc1)NC(=O)OC(C)(C)C)C(=O)O. The molecular formula is C29H48N2O6. The smallest absolute Gasteiger partial charge is 0.408 e. The van der Waals surface area contributed by atoms with E-state index in [1.807, 2.05) is 30.3 Å². The van der Waals surface area contributed by atoms with Gasteiger partial charge in [0.1, 0.15) is 17.7 Å². The fourth-order valence-electron chi connectivity index (χ4n) is 3.87. The molecule has 1 aromatic carbocycles. The summed E-state index contributed by atoms with van der Waals surface area (Å²) in [4.78, 5) is 37.1. The van der Waals surface area contributed by atoms with Crippen molar-refractivity contribution in [1.29, 1.82) is 0 Å². The molecular weight excluding hydrogens is 472 g/mol. The van der Waals surface area contributed by atoms with Gasteiger partial charge in [-0.15, -0.1) is 0 Å². The first-order valence-corrected chi connectivity index (χ1v) is 13.8. The number of carbonyl (C=O) groups is 3. The van der Waals surface area contributed by atoms with Crippen LogP contribution in [0.15, 0.2) is 30.3 Å². The minimum atomic E-state index is -1.09. The lowest BCUT2D eigenvalue weighted by atomic mass is 10.0. The molecule has 3 N–H and O–H groups in total. The molecule has 0 saturated carbocycles. The van der Waals surface area contributed by atoms with E-state index in [2.05, 4.69) is 17.6 Å². The number of alkyl carbamates (subject to hydrolysis) is 1. The largest absolute Gasteiger partial charge is 0.480 e. The molecule has 2 amide bonds. The van der Waals surface area contributed by atoms with Crippen LogP contribution < -0.4 is 10.6 Å². The molecule has 0 saturated heterocycles. The van der Waals surface area contributed by atoms with Crippen molar-refractivity contribution in [3.8, 4) is 0 Å². The Morgan fingerprint density at radius 1 is 0.838 bits per heavy atom. The number of benzene rings is 1. The van der Waals surface area contributed by atoms with Gasteiger partial charge in [-0.05, 0) is 32.8 Å². The Morgan fingerprint density at radius 2 is 1.41 bits per heavy atom. The van der Waals surface area contributed by atoms with E-state index in [0.29, 0.717) is 12.8 Å². The van der Waals surface area contributed by atoms with Gasteiger partial charge in [0.25, 0.3) is 0 Å². The van der Waals surface area contributed by atoms with Crippen molar-refractivity contribution >= 4 is 18.0 Å². The molecule has 0 unspecified atom stereocenters. The second-order valence-corrected chi connectivity index (χ2v) is 10.6. The zero-order chi connectivity index (χ0) is 27.5. The summed E-state index contributed by atoms with van der Waals surface area (Å²) in [7, 11) is 0. The third kappa shape index (κ3) is 16.7. The fraction of sp³-hybridized carbons (Fsp3) is 0.690. The molecule has 210 valence electrons. The fourth-order valence-corrected chi connectivity index (χ4v) is 3.87. The molecule has 0 aliphatic carbocycles. The van der Waals surface area contributed by atoms with Crippen LogP contribution in [0.2, 0.25) is 0 Å². The highest BCUT2D eigenvalue weighted by atomic mass is 16.6. The van der Waals surface area contributed by atoms with E-state index in [9.17, 15) is 19.5 Å². The van der Waals surface area contributed by atoms with Gasteiger partial charge in [-0.1, -0.05) is 101 Å². The van der Waals surface area contributed by atoms with Gasteiger partial charge in [-0.25, -0.2) is 9.59 Å². The first-order chi connectivity index (χ1) is 17.6. The van der Waals surface area contributed by atoms with E-state index in [0.717, 1.165) is 24.8 Å². The number of carbonyl (C=O) groups excluding carboxylic acids is 2. The summed E-state index contributed by atoms with van der Waals surface area (Å²) in [5.41, 5.74) is 0.179. The van der Waals surface area contributed by atoms with E-state index in [4.69, 9.17) is 9.47 Å². The van der Waals surface area contributed by atoms with Gasteiger partial charge in [0, 0.05) is 0 Å². The summed E-state index contributed by atoms with van der Waals surface area (Å²) in [5, 5.41) is 14.7. The van der Waals surface area contributed by atoms with Gasteiger partial charge in [0.15, 0.2) is 0 Å². The van der Waals surface area contributed by atoms with Crippen molar-refractivity contribution in [3.63, 3.8) is 0 Å². The number of hydrogen-bond acceptors (Lipinski definition) is 5.